The van der Waals surface area contributed by atoms with Crippen LogP contribution in [0, 0.1) is 6.92 Å². The van der Waals surface area contributed by atoms with Crippen LogP contribution in [0.15, 0.2) is 30.7 Å². The van der Waals surface area contributed by atoms with E-state index in [9.17, 15) is 15.0 Å². The fourth-order valence-corrected chi connectivity index (χ4v) is 3.98. The van der Waals surface area contributed by atoms with Gasteiger partial charge in [0, 0.05) is 36.9 Å². The molecule has 3 rings (SSSR count). The van der Waals surface area contributed by atoms with Crippen molar-refractivity contribution in [2.45, 2.75) is 67.0 Å². The van der Waals surface area contributed by atoms with Crippen molar-refractivity contribution >= 4 is 17.7 Å². The molecule has 0 bridgehead atoms. The highest BCUT2D eigenvalue weighted by atomic mass is 16.5. The number of carbonyl (C=O) groups is 1. The molecule has 36 heavy (non-hydrogen) atoms. The second-order valence-electron chi connectivity index (χ2n) is 8.17. The fourth-order valence-electron chi connectivity index (χ4n) is 3.98. The van der Waals surface area contributed by atoms with Crippen LogP contribution < -0.4 is 15.8 Å². The summed E-state index contributed by atoms with van der Waals surface area (Å²) in [6, 6.07) is 5.87. The van der Waals surface area contributed by atoms with Crippen molar-refractivity contribution in [1.29, 1.82) is 0 Å². The Kier molecular flexibility index (Phi) is 11.8. The molecule has 0 aliphatic rings. The van der Waals surface area contributed by atoms with Crippen LogP contribution in [0.4, 0.5) is 11.8 Å². The molecule has 2 aromatic heterocycles. The minimum Gasteiger partial charge on any atom is -0.496 e. The third-order valence-electron chi connectivity index (χ3n) is 5.69. The van der Waals surface area contributed by atoms with Gasteiger partial charge in [0.2, 0.25) is 5.95 Å². The van der Waals surface area contributed by atoms with Gasteiger partial charge in [0.05, 0.1) is 19.6 Å². The van der Waals surface area contributed by atoms with E-state index >= 15 is 0 Å². The Bertz CT molecular complexity index is 1130. The molecule has 2 heterocycles. The molecular formula is C26H40N6O4. The van der Waals surface area contributed by atoms with Crippen LogP contribution in [0.25, 0.3) is 0 Å². The molecule has 1 aromatic carbocycles. The molecule has 0 fully saturated rings. The second-order valence-corrected chi connectivity index (χ2v) is 8.17. The van der Waals surface area contributed by atoms with Gasteiger partial charge < -0.3 is 30.6 Å². The lowest BCUT2D eigenvalue weighted by Crippen LogP contribution is -2.23. The zero-order chi connectivity index (χ0) is 24.7. The van der Waals surface area contributed by atoms with E-state index < -0.39 is 5.97 Å². The zero-order valence-corrected chi connectivity index (χ0v) is 19.8. The maximum atomic E-state index is 11.4. The molecular weight excluding hydrogens is 460 g/mol. The molecule has 0 unspecified atom stereocenters. The van der Waals surface area contributed by atoms with Crippen molar-refractivity contribution in [3.8, 4) is 5.75 Å². The number of aliphatic hydroxyl groups is 1. The molecule has 0 saturated heterocycles. The minimum absolute atomic E-state index is 0. The van der Waals surface area contributed by atoms with Crippen LogP contribution in [0.5, 0.6) is 5.75 Å². The predicted octanol–water partition coefficient (Wildman–Crippen LogP) is 4.14. The molecule has 0 aliphatic carbocycles. The topological polar surface area (TPSA) is 148 Å². The average molecular weight is 501 g/mol. The molecule has 3 aromatic rings. The first-order chi connectivity index (χ1) is 16.4. The highest BCUT2D eigenvalue weighted by molar-refractivity contribution is 5.85. The van der Waals surface area contributed by atoms with E-state index in [0.29, 0.717) is 31.0 Å². The summed E-state index contributed by atoms with van der Waals surface area (Å²) in [6.07, 6.45) is 5.82. The lowest BCUT2D eigenvalue weighted by Gasteiger charge is -2.21. The number of nitrogens with two attached hydrogens (primary N) is 1. The number of imidazole rings is 1. The first-order valence-electron chi connectivity index (χ1n) is 11.3. The normalized spacial score (nSPS) is 11.2. The minimum atomic E-state index is -1.03. The number of methoxy groups -OCH3 is 1. The van der Waals surface area contributed by atoms with Gasteiger partial charge in [-0.1, -0.05) is 40.3 Å². The Labute approximate surface area is 213 Å². The number of anilines is 2. The Balaban J connectivity index is 0.00000324. The smallest absolute Gasteiger partial charge is 0.354 e. The number of aryl methyl sites for hydroxylation is 1. The maximum absolute atomic E-state index is 11.4. The summed E-state index contributed by atoms with van der Waals surface area (Å²) < 4.78 is 7.23. The summed E-state index contributed by atoms with van der Waals surface area (Å²) in [5, 5.41) is 22.2. The van der Waals surface area contributed by atoms with Crippen molar-refractivity contribution in [2.24, 2.45) is 0 Å². The summed E-state index contributed by atoms with van der Waals surface area (Å²) in [5.41, 5.74) is 9.55. The number of nitrogen functional groups attached to an aromatic ring is 1. The molecule has 1 atom stereocenters. The molecule has 10 heteroatoms. The molecule has 10 nitrogen and oxygen atoms in total. The van der Waals surface area contributed by atoms with E-state index in [4.69, 9.17) is 10.5 Å². The average Bonchev–Trinajstić information content (AvgIpc) is 3.25. The number of nitrogens with zero attached hydrogens (tertiary/aromatic N) is 4. The van der Waals surface area contributed by atoms with E-state index in [0.717, 1.165) is 35.2 Å². The van der Waals surface area contributed by atoms with Crippen LogP contribution in [0.2, 0.25) is 0 Å². The Morgan fingerprint density at radius 3 is 2.64 bits per heavy atom. The molecule has 0 amide bonds. The first-order valence-corrected chi connectivity index (χ1v) is 11.3. The van der Waals surface area contributed by atoms with Gasteiger partial charge in [-0.15, -0.1) is 0 Å². The number of aliphatic hydroxyl groups excluding tert-OH is 1. The van der Waals surface area contributed by atoms with Crippen LogP contribution in [0.1, 0.15) is 73.9 Å². The van der Waals surface area contributed by atoms with E-state index in [1.54, 1.807) is 11.7 Å². The van der Waals surface area contributed by atoms with E-state index in [1.165, 1.54) is 12.5 Å². The molecule has 5 N–H and O–H groups in total. The maximum Gasteiger partial charge on any atom is 0.354 e. The molecule has 0 saturated carbocycles. The summed E-state index contributed by atoms with van der Waals surface area (Å²) in [4.78, 5) is 24.1. The molecule has 0 spiro atoms. The van der Waals surface area contributed by atoms with Crippen molar-refractivity contribution in [1.82, 2.24) is 19.5 Å². The van der Waals surface area contributed by atoms with Crippen molar-refractivity contribution in [3.63, 3.8) is 0 Å². The van der Waals surface area contributed by atoms with Crippen molar-refractivity contribution in [3.05, 3.63) is 58.8 Å². The standard InChI is InChI=1S/C24H32N6O4.2CH4/c1-4-5-18(8-9-31)28-22-19(15(2)27-24(25)29-22)11-17-7-6-16(10-21(17)34-3)13-30-14-26-12-20(30)23(32)33;;/h6-7,10,12,14,18,31H,4-5,8-9,11,13H2,1-3H3,(H,32,33)(H3,25,27,28,29);2*1H4/t18-;;/m0../s1. The van der Waals surface area contributed by atoms with E-state index in [2.05, 4.69) is 27.2 Å². The molecule has 0 aliphatic heterocycles. The summed E-state index contributed by atoms with van der Waals surface area (Å²) in [7, 11) is 1.60. The van der Waals surface area contributed by atoms with Gasteiger partial charge in [0.25, 0.3) is 0 Å². The third-order valence-corrected chi connectivity index (χ3v) is 5.69. The lowest BCUT2D eigenvalue weighted by atomic mass is 10.0. The largest absolute Gasteiger partial charge is 0.496 e. The second kappa shape index (κ2) is 14.0. The van der Waals surface area contributed by atoms with Gasteiger partial charge in [-0.25, -0.2) is 14.8 Å². The van der Waals surface area contributed by atoms with Gasteiger partial charge in [-0.2, -0.15) is 4.98 Å². The van der Waals surface area contributed by atoms with Gasteiger partial charge >= 0.3 is 5.97 Å². The molecule has 198 valence electrons. The summed E-state index contributed by atoms with van der Waals surface area (Å²) in [5.74, 6) is 0.507. The predicted molar refractivity (Wildman–Crippen MR) is 143 cm³/mol. The van der Waals surface area contributed by atoms with Gasteiger partial charge in [-0.3, -0.25) is 0 Å². The zero-order valence-electron chi connectivity index (χ0n) is 19.8. The molecule has 0 radical (unpaired) electrons. The number of ether oxygens (including phenoxy) is 1. The number of aromatic nitrogens is 4. The summed E-state index contributed by atoms with van der Waals surface area (Å²) >= 11 is 0. The monoisotopic (exact) mass is 500 g/mol. The van der Waals surface area contributed by atoms with Crippen LogP contribution >= 0.6 is 0 Å². The number of carboxylic acid groups (broad SMARTS) is 1. The third kappa shape index (κ3) is 7.42. The number of hydrogen-bond acceptors (Lipinski definition) is 8. The van der Waals surface area contributed by atoms with Gasteiger partial charge in [0.1, 0.15) is 17.3 Å². The SMILES string of the molecule is C.C.CCC[C@@H](CCO)Nc1nc(N)nc(C)c1Cc1ccc(Cn2cncc2C(=O)O)cc1OC. The number of aromatic carboxylic acids is 1. The number of hydrogen-bond donors (Lipinski definition) is 4. The highest BCUT2D eigenvalue weighted by Gasteiger charge is 2.18. The van der Waals surface area contributed by atoms with Gasteiger partial charge in [-0.05, 0) is 37.0 Å². The van der Waals surface area contributed by atoms with E-state index in [1.807, 2.05) is 25.1 Å². The van der Waals surface area contributed by atoms with Crippen molar-refractivity contribution in [2.75, 3.05) is 24.8 Å². The van der Waals surface area contributed by atoms with Gasteiger partial charge in [0.15, 0.2) is 0 Å². The first kappa shape index (κ1) is 30.4. The number of carboxylic acids is 1. The quantitative estimate of drug-likeness (QED) is 0.288. The number of benzene rings is 1. The van der Waals surface area contributed by atoms with E-state index in [-0.39, 0.29) is 39.1 Å². The Morgan fingerprint density at radius 2 is 2.00 bits per heavy atom. The van der Waals surface area contributed by atoms with Crippen molar-refractivity contribution < 1.29 is 19.7 Å². The van der Waals surface area contributed by atoms with Crippen LogP contribution in [-0.2, 0) is 13.0 Å². The Morgan fingerprint density at radius 1 is 1.25 bits per heavy atom. The lowest BCUT2D eigenvalue weighted by molar-refractivity contribution is 0.0685. The highest BCUT2D eigenvalue weighted by Crippen LogP contribution is 2.28. The number of nitrogens with one attached hydrogen (secondary N) is 1. The fraction of sp³-hybridized carbons (Fsp3) is 0.462. The summed E-state index contributed by atoms with van der Waals surface area (Å²) in [6.45, 7) is 4.44. The number of rotatable bonds is 12. The van der Waals surface area contributed by atoms with Crippen LogP contribution in [-0.4, -0.2) is 55.5 Å². The van der Waals surface area contributed by atoms with Crippen LogP contribution in [0.3, 0.4) is 0 Å². The Hall–Kier alpha value is -3.66.